The highest BCUT2D eigenvalue weighted by atomic mass is 32.1. The monoisotopic (exact) mass is 381 g/mol. The van der Waals surface area contributed by atoms with Crippen LogP contribution in [0.1, 0.15) is 27.5 Å². The van der Waals surface area contributed by atoms with Crippen LogP contribution in [0.4, 0.5) is 5.69 Å². The van der Waals surface area contributed by atoms with Crippen molar-refractivity contribution >= 4 is 22.9 Å². The fourth-order valence-corrected chi connectivity index (χ4v) is 4.40. The number of benzene rings is 1. The number of carbonyl (C=O) groups is 1. The summed E-state index contributed by atoms with van der Waals surface area (Å²) in [5, 5.41) is 3.85. The van der Waals surface area contributed by atoms with Crippen LogP contribution < -0.4 is 10.2 Å². The summed E-state index contributed by atoms with van der Waals surface area (Å²) in [4.78, 5) is 20.2. The van der Waals surface area contributed by atoms with Gasteiger partial charge in [0, 0.05) is 25.3 Å². The van der Waals surface area contributed by atoms with Crippen LogP contribution in [0.3, 0.4) is 0 Å². The Morgan fingerprint density at radius 1 is 1.26 bits per heavy atom. The highest BCUT2D eigenvalue weighted by Gasteiger charge is 2.24. The summed E-state index contributed by atoms with van der Waals surface area (Å²) in [7, 11) is 0. The number of rotatable bonds is 5. The number of amides is 1. The minimum atomic E-state index is -0.0438. The molecule has 0 bridgehead atoms. The number of para-hydroxylation sites is 1. The SMILES string of the molecule is Cc1ccc(-c2nc(C)c(C(=O)NCC3CCN(c4ccccc4)C3)s2)o1. The number of carbonyl (C=O) groups excluding carboxylic acids is 1. The predicted molar refractivity (Wildman–Crippen MR) is 108 cm³/mol. The van der Waals surface area contributed by atoms with Crippen LogP contribution in [0, 0.1) is 19.8 Å². The zero-order valence-corrected chi connectivity index (χ0v) is 16.4. The maximum absolute atomic E-state index is 12.6. The van der Waals surface area contributed by atoms with Crippen LogP contribution in [0.2, 0.25) is 0 Å². The van der Waals surface area contributed by atoms with Gasteiger partial charge in [0.2, 0.25) is 0 Å². The van der Waals surface area contributed by atoms with E-state index in [0.29, 0.717) is 23.1 Å². The molecule has 1 aliphatic heterocycles. The lowest BCUT2D eigenvalue weighted by atomic mass is 10.1. The van der Waals surface area contributed by atoms with Gasteiger partial charge in [-0.3, -0.25) is 4.79 Å². The van der Waals surface area contributed by atoms with E-state index in [1.54, 1.807) is 0 Å². The van der Waals surface area contributed by atoms with Crippen molar-refractivity contribution in [3.8, 4) is 10.8 Å². The van der Waals surface area contributed by atoms with E-state index in [1.807, 2.05) is 32.0 Å². The summed E-state index contributed by atoms with van der Waals surface area (Å²) in [6.45, 7) is 6.47. The van der Waals surface area contributed by atoms with Gasteiger partial charge in [-0.1, -0.05) is 18.2 Å². The van der Waals surface area contributed by atoms with Crippen LogP contribution in [-0.4, -0.2) is 30.5 Å². The van der Waals surface area contributed by atoms with E-state index in [2.05, 4.69) is 39.5 Å². The number of aryl methyl sites for hydroxylation is 2. The largest absolute Gasteiger partial charge is 0.459 e. The second kappa shape index (κ2) is 7.56. The highest BCUT2D eigenvalue weighted by molar-refractivity contribution is 7.17. The second-order valence-corrected chi connectivity index (χ2v) is 7.99. The summed E-state index contributed by atoms with van der Waals surface area (Å²) < 4.78 is 5.62. The molecule has 0 spiro atoms. The van der Waals surface area contributed by atoms with E-state index >= 15 is 0 Å². The predicted octanol–water partition coefficient (Wildman–Crippen LogP) is 4.28. The standard InChI is InChI=1S/C21H23N3O2S/c1-14-8-9-18(26-14)21-23-15(2)19(27-21)20(25)22-12-16-10-11-24(13-16)17-6-4-3-5-7-17/h3-9,16H,10-13H2,1-2H3,(H,22,25). The van der Waals surface area contributed by atoms with Crippen molar-refractivity contribution in [2.45, 2.75) is 20.3 Å². The summed E-state index contributed by atoms with van der Waals surface area (Å²) in [6.07, 6.45) is 1.09. The van der Waals surface area contributed by atoms with Gasteiger partial charge < -0.3 is 14.6 Å². The Balaban J connectivity index is 1.35. The minimum absolute atomic E-state index is 0.0438. The van der Waals surface area contributed by atoms with Crippen molar-refractivity contribution in [1.29, 1.82) is 0 Å². The molecule has 2 aromatic heterocycles. The van der Waals surface area contributed by atoms with E-state index in [-0.39, 0.29) is 5.91 Å². The Morgan fingerprint density at radius 2 is 2.07 bits per heavy atom. The van der Waals surface area contributed by atoms with Gasteiger partial charge in [-0.2, -0.15) is 0 Å². The van der Waals surface area contributed by atoms with Crippen molar-refractivity contribution in [2.24, 2.45) is 5.92 Å². The molecule has 1 atom stereocenters. The minimum Gasteiger partial charge on any atom is -0.459 e. The lowest BCUT2D eigenvalue weighted by Crippen LogP contribution is -2.30. The van der Waals surface area contributed by atoms with Gasteiger partial charge in [0.25, 0.3) is 5.91 Å². The number of nitrogens with one attached hydrogen (secondary N) is 1. The molecule has 0 saturated carbocycles. The fraction of sp³-hybridized carbons (Fsp3) is 0.333. The summed E-state index contributed by atoms with van der Waals surface area (Å²) >= 11 is 1.39. The Morgan fingerprint density at radius 3 is 2.81 bits per heavy atom. The van der Waals surface area contributed by atoms with Crippen molar-refractivity contribution in [3.05, 3.63) is 58.8 Å². The zero-order chi connectivity index (χ0) is 18.8. The molecule has 1 saturated heterocycles. The topological polar surface area (TPSA) is 58.4 Å². The van der Waals surface area contributed by atoms with Crippen molar-refractivity contribution in [2.75, 3.05) is 24.5 Å². The molecule has 3 heterocycles. The first-order chi connectivity index (χ1) is 13.1. The van der Waals surface area contributed by atoms with Crippen LogP contribution in [0.5, 0.6) is 0 Å². The zero-order valence-electron chi connectivity index (χ0n) is 15.6. The summed E-state index contributed by atoms with van der Waals surface area (Å²) in [5.74, 6) is 1.98. The van der Waals surface area contributed by atoms with Crippen LogP contribution in [-0.2, 0) is 0 Å². The van der Waals surface area contributed by atoms with E-state index in [1.165, 1.54) is 17.0 Å². The molecule has 27 heavy (non-hydrogen) atoms. The Hall–Kier alpha value is -2.60. The number of anilines is 1. The van der Waals surface area contributed by atoms with E-state index in [4.69, 9.17) is 4.42 Å². The highest BCUT2D eigenvalue weighted by Crippen LogP contribution is 2.29. The number of furan rings is 1. The molecule has 140 valence electrons. The molecular formula is C21H23N3O2S. The smallest absolute Gasteiger partial charge is 0.263 e. The first kappa shape index (κ1) is 17.8. The second-order valence-electron chi connectivity index (χ2n) is 6.99. The molecular weight excluding hydrogens is 358 g/mol. The van der Waals surface area contributed by atoms with Crippen LogP contribution in [0.15, 0.2) is 46.9 Å². The van der Waals surface area contributed by atoms with Gasteiger partial charge in [0.1, 0.15) is 10.6 Å². The third-order valence-electron chi connectivity index (χ3n) is 4.91. The van der Waals surface area contributed by atoms with Gasteiger partial charge in [0.05, 0.1) is 5.69 Å². The van der Waals surface area contributed by atoms with Crippen molar-refractivity contribution < 1.29 is 9.21 Å². The normalized spacial score (nSPS) is 16.7. The number of nitrogens with zero attached hydrogens (tertiary/aromatic N) is 2. The molecule has 0 aliphatic carbocycles. The maximum Gasteiger partial charge on any atom is 0.263 e. The first-order valence-electron chi connectivity index (χ1n) is 9.22. The molecule has 0 radical (unpaired) electrons. The molecule has 1 aromatic carbocycles. The molecule has 3 aromatic rings. The lowest BCUT2D eigenvalue weighted by Gasteiger charge is -2.18. The Bertz CT molecular complexity index is 932. The van der Waals surface area contributed by atoms with Gasteiger partial charge in [-0.25, -0.2) is 4.98 Å². The van der Waals surface area contributed by atoms with Crippen LogP contribution in [0.25, 0.3) is 10.8 Å². The van der Waals surface area contributed by atoms with E-state index in [9.17, 15) is 4.79 Å². The molecule has 1 aliphatic rings. The Kier molecular flexibility index (Phi) is 4.99. The number of aromatic nitrogens is 1. The molecule has 1 fully saturated rings. The van der Waals surface area contributed by atoms with E-state index < -0.39 is 0 Å². The summed E-state index contributed by atoms with van der Waals surface area (Å²) in [6, 6.07) is 14.2. The van der Waals surface area contributed by atoms with E-state index in [0.717, 1.165) is 36.0 Å². The number of hydrogen-bond donors (Lipinski definition) is 1. The average Bonchev–Trinajstić information content (AvgIpc) is 3.40. The van der Waals surface area contributed by atoms with Gasteiger partial charge in [0.15, 0.2) is 10.8 Å². The third kappa shape index (κ3) is 3.90. The molecule has 1 N–H and O–H groups in total. The van der Waals surface area contributed by atoms with Gasteiger partial charge in [-0.15, -0.1) is 11.3 Å². The van der Waals surface area contributed by atoms with Gasteiger partial charge >= 0.3 is 0 Å². The Labute approximate surface area is 163 Å². The fourth-order valence-electron chi connectivity index (χ4n) is 3.45. The first-order valence-corrected chi connectivity index (χ1v) is 10.0. The molecule has 1 unspecified atom stereocenters. The number of hydrogen-bond acceptors (Lipinski definition) is 5. The average molecular weight is 382 g/mol. The molecule has 4 rings (SSSR count). The molecule has 5 nitrogen and oxygen atoms in total. The molecule has 6 heteroatoms. The van der Waals surface area contributed by atoms with Crippen molar-refractivity contribution in [1.82, 2.24) is 10.3 Å². The molecule has 1 amide bonds. The number of thiazole rings is 1. The van der Waals surface area contributed by atoms with Gasteiger partial charge in [-0.05, 0) is 50.5 Å². The summed E-state index contributed by atoms with van der Waals surface area (Å²) in [5.41, 5.74) is 2.00. The lowest BCUT2D eigenvalue weighted by molar-refractivity contribution is 0.0951. The van der Waals surface area contributed by atoms with Crippen LogP contribution >= 0.6 is 11.3 Å². The maximum atomic E-state index is 12.6. The third-order valence-corrected chi connectivity index (χ3v) is 6.08. The quantitative estimate of drug-likeness (QED) is 0.717. The van der Waals surface area contributed by atoms with Crippen molar-refractivity contribution in [3.63, 3.8) is 0 Å².